The van der Waals surface area contributed by atoms with Gasteiger partial charge in [0, 0.05) is 14.1 Å². The van der Waals surface area contributed by atoms with Crippen molar-refractivity contribution >= 4 is 5.91 Å². The lowest BCUT2D eigenvalue weighted by Gasteiger charge is -2.19. The van der Waals surface area contributed by atoms with E-state index < -0.39 is 6.10 Å². The Labute approximate surface area is 97.0 Å². The Morgan fingerprint density at radius 2 is 1.94 bits per heavy atom. The minimum absolute atomic E-state index is 0.0269. The van der Waals surface area contributed by atoms with Crippen LogP contribution in [0.15, 0.2) is 18.2 Å². The van der Waals surface area contributed by atoms with Crippen molar-refractivity contribution in [3.8, 4) is 5.75 Å². The summed E-state index contributed by atoms with van der Waals surface area (Å²) in [6.45, 7) is 5.79. The Hall–Kier alpha value is -1.51. The van der Waals surface area contributed by atoms with Gasteiger partial charge in [0.15, 0.2) is 6.10 Å². The number of carbonyl (C=O) groups is 1. The van der Waals surface area contributed by atoms with Gasteiger partial charge in [-0.3, -0.25) is 4.79 Å². The third-order valence-corrected chi connectivity index (χ3v) is 2.65. The number of hydrogen-bond acceptors (Lipinski definition) is 2. The van der Waals surface area contributed by atoms with Crippen LogP contribution in [0.3, 0.4) is 0 Å². The second kappa shape index (κ2) is 5.01. The molecule has 3 nitrogen and oxygen atoms in total. The zero-order valence-corrected chi connectivity index (χ0v) is 10.6. The SMILES string of the molecule is Cc1cccc(O[C@H](C)C(=O)N(C)C)c1C. The summed E-state index contributed by atoms with van der Waals surface area (Å²) in [7, 11) is 3.45. The van der Waals surface area contributed by atoms with Gasteiger partial charge in [-0.25, -0.2) is 0 Å². The van der Waals surface area contributed by atoms with Crippen LogP contribution < -0.4 is 4.74 Å². The average molecular weight is 221 g/mol. The van der Waals surface area contributed by atoms with E-state index in [-0.39, 0.29) is 5.91 Å². The summed E-state index contributed by atoms with van der Waals surface area (Å²) in [6, 6.07) is 5.85. The quantitative estimate of drug-likeness (QED) is 0.782. The summed E-state index contributed by atoms with van der Waals surface area (Å²) in [6.07, 6.45) is -0.449. The van der Waals surface area contributed by atoms with Crippen molar-refractivity contribution in [2.75, 3.05) is 14.1 Å². The molecule has 1 rings (SSSR count). The van der Waals surface area contributed by atoms with E-state index >= 15 is 0 Å². The summed E-state index contributed by atoms with van der Waals surface area (Å²) >= 11 is 0. The molecule has 0 radical (unpaired) electrons. The highest BCUT2D eigenvalue weighted by molar-refractivity contribution is 5.80. The van der Waals surface area contributed by atoms with Crippen LogP contribution in [-0.4, -0.2) is 31.0 Å². The maximum atomic E-state index is 11.6. The molecule has 0 heterocycles. The molecule has 16 heavy (non-hydrogen) atoms. The summed E-state index contributed by atoms with van der Waals surface area (Å²) in [5.41, 5.74) is 2.25. The smallest absolute Gasteiger partial charge is 0.262 e. The number of aryl methyl sites for hydroxylation is 1. The van der Waals surface area contributed by atoms with Crippen LogP contribution in [-0.2, 0) is 4.79 Å². The van der Waals surface area contributed by atoms with Gasteiger partial charge in [0.1, 0.15) is 5.75 Å². The van der Waals surface area contributed by atoms with Crippen molar-refractivity contribution in [1.82, 2.24) is 4.90 Å². The molecule has 0 N–H and O–H groups in total. The Morgan fingerprint density at radius 1 is 1.31 bits per heavy atom. The maximum absolute atomic E-state index is 11.6. The highest BCUT2D eigenvalue weighted by Gasteiger charge is 2.17. The lowest BCUT2D eigenvalue weighted by Crippen LogP contribution is -2.35. The van der Waals surface area contributed by atoms with E-state index in [0.717, 1.165) is 11.3 Å². The topological polar surface area (TPSA) is 29.5 Å². The molecule has 3 heteroatoms. The number of benzene rings is 1. The molecule has 0 aliphatic rings. The molecular formula is C13H19NO2. The molecule has 0 aliphatic carbocycles. The van der Waals surface area contributed by atoms with Crippen LogP contribution in [0.2, 0.25) is 0 Å². The molecule has 0 unspecified atom stereocenters. The van der Waals surface area contributed by atoms with Crippen LogP contribution in [0.1, 0.15) is 18.1 Å². The van der Waals surface area contributed by atoms with Crippen molar-refractivity contribution in [3.05, 3.63) is 29.3 Å². The van der Waals surface area contributed by atoms with Crippen LogP contribution in [0, 0.1) is 13.8 Å². The van der Waals surface area contributed by atoms with Crippen LogP contribution in [0.5, 0.6) is 5.75 Å². The molecule has 0 fully saturated rings. The summed E-state index contributed by atoms with van der Waals surface area (Å²) in [5, 5.41) is 0. The van der Waals surface area contributed by atoms with Crippen molar-refractivity contribution in [3.63, 3.8) is 0 Å². The van der Waals surface area contributed by atoms with Gasteiger partial charge < -0.3 is 9.64 Å². The zero-order chi connectivity index (χ0) is 12.3. The van der Waals surface area contributed by atoms with Crippen LogP contribution in [0.4, 0.5) is 0 Å². The van der Waals surface area contributed by atoms with E-state index in [1.165, 1.54) is 10.5 Å². The van der Waals surface area contributed by atoms with Gasteiger partial charge in [-0.15, -0.1) is 0 Å². The molecule has 0 aromatic heterocycles. The first-order valence-electron chi connectivity index (χ1n) is 5.37. The average Bonchev–Trinajstić information content (AvgIpc) is 2.23. The van der Waals surface area contributed by atoms with Crippen molar-refractivity contribution in [2.45, 2.75) is 26.9 Å². The normalized spacial score (nSPS) is 12.1. The summed E-state index contributed by atoms with van der Waals surface area (Å²) in [4.78, 5) is 13.2. The standard InChI is InChI=1S/C13H19NO2/c1-9-7-6-8-12(10(9)2)16-11(3)13(15)14(4)5/h6-8,11H,1-5H3/t11-/m1/s1. The Balaban J connectivity index is 2.81. The highest BCUT2D eigenvalue weighted by Crippen LogP contribution is 2.21. The second-order valence-corrected chi connectivity index (χ2v) is 4.19. The van der Waals surface area contributed by atoms with E-state index in [4.69, 9.17) is 4.74 Å². The number of likely N-dealkylation sites (N-methyl/N-ethyl adjacent to an activating group) is 1. The molecule has 0 aliphatic heterocycles. The predicted molar refractivity (Wildman–Crippen MR) is 64.7 cm³/mol. The number of amides is 1. The lowest BCUT2D eigenvalue weighted by molar-refractivity contribution is -0.135. The molecule has 0 saturated heterocycles. The predicted octanol–water partition coefficient (Wildman–Crippen LogP) is 2.16. The minimum Gasteiger partial charge on any atom is -0.481 e. The molecule has 0 saturated carbocycles. The molecule has 0 spiro atoms. The Bertz CT molecular complexity index is 386. The monoisotopic (exact) mass is 221 g/mol. The molecule has 1 aromatic rings. The maximum Gasteiger partial charge on any atom is 0.262 e. The third-order valence-electron chi connectivity index (χ3n) is 2.65. The van der Waals surface area contributed by atoms with Crippen molar-refractivity contribution in [2.24, 2.45) is 0 Å². The van der Waals surface area contributed by atoms with Gasteiger partial charge in [-0.1, -0.05) is 12.1 Å². The molecule has 1 aromatic carbocycles. The molecule has 1 atom stereocenters. The number of carbonyl (C=O) groups excluding carboxylic acids is 1. The van der Waals surface area contributed by atoms with E-state index in [1.807, 2.05) is 32.0 Å². The van der Waals surface area contributed by atoms with E-state index in [2.05, 4.69) is 0 Å². The first kappa shape index (κ1) is 12.6. The van der Waals surface area contributed by atoms with E-state index in [0.29, 0.717) is 0 Å². The number of rotatable bonds is 3. The van der Waals surface area contributed by atoms with Gasteiger partial charge >= 0.3 is 0 Å². The first-order chi connectivity index (χ1) is 7.43. The van der Waals surface area contributed by atoms with Gasteiger partial charge in [0.25, 0.3) is 5.91 Å². The third kappa shape index (κ3) is 2.75. The second-order valence-electron chi connectivity index (χ2n) is 4.19. The summed E-state index contributed by atoms with van der Waals surface area (Å²) < 4.78 is 5.66. The van der Waals surface area contributed by atoms with Crippen molar-refractivity contribution in [1.29, 1.82) is 0 Å². The van der Waals surface area contributed by atoms with E-state index in [9.17, 15) is 4.79 Å². The Kier molecular flexibility index (Phi) is 3.93. The number of hydrogen-bond donors (Lipinski definition) is 0. The summed E-state index contributed by atoms with van der Waals surface area (Å²) in [5.74, 6) is 0.753. The first-order valence-corrected chi connectivity index (χ1v) is 5.37. The fraction of sp³-hybridized carbons (Fsp3) is 0.462. The number of ether oxygens (including phenoxy) is 1. The van der Waals surface area contributed by atoms with E-state index in [1.54, 1.807) is 21.0 Å². The Morgan fingerprint density at radius 3 is 2.50 bits per heavy atom. The molecule has 1 amide bonds. The lowest BCUT2D eigenvalue weighted by atomic mass is 10.1. The largest absolute Gasteiger partial charge is 0.481 e. The zero-order valence-electron chi connectivity index (χ0n) is 10.6. The molecule has 0 bridgehead atoms. The van der Waals surface area contributed by atoms with Crippen LogP contribution >= 0.6 is 0 Å². The van der Waals surface area contributed by atoms with Crippen molar-refractivity contribution < 1.29 is 9.53 Å². The fourth-order valence-electron chi connectivity index (χ4n) is 1.46. The van der Waals surface area contributed by atoms with Gasteiger partial charge in [-0.05, 0) is 38.0 Å². The molecule has 88 valence electrons. The minimum atomic E-state index is -0.449. The fourth-order valence-corrected chi connectivity index (χ4v) is 1.46. The number of nitrogens with zero attached hydrogens (tertiary/aromatic N) is 1. The van der Waals surface area contributed by atoms with Gasteiger partial charge in [0.05, 0.1) is 0 Å². The highest BCUT2D eigenvalue weighted by atomic mass is 16.5. The molecular weight excluding hydrogens is 202 g/mol. The van der Waals surface area contributed by atoms with Gasteiger partial charge in [0.2, 0.25) is 0 Å². The van der Waals surface area contributed by atoms with Gasteiger partial charge in [-0.2, -0.15) is 0 Å². The van der Waals surface area contributed by atoms with Crippen LogP contribution in [0.25, 0.3) is 0 Å².